The summed E-state index contributed by atoms with van der Waals surface area (Å²) in [4.78, 5) is 25.9. The number of halogens is 1. The zero-order chi connectivity index (χ0) is 24.5. The van der Waals surface area contributed by atoms with Crippen molar-refractivity contribution in [2.75, 3.05) is 17.7 Å². The monoisotopic (exact) mass is 520 g/mol. The third-order valence-electron chi connectivity index (χ3n) is 4.50. The number of amides is 1. The van der Waals surface area contributed by atoms with E-state index in [9.17, 15) is 9.59 Å². The molecule has 8 nitrogen and oxygen atoms in total. The number of benzene rings is 1. The van der Waals surface area contributed by atoms with Gasteiger partial charge in [0.05, 0.1) is 17.9 Å². The van der Waals surface area contributed by atoms with E-state index in [1.54, 1.807) is 43.3 Å². The number of thiophene rings is 1. The second-order valence-electron chi connectivity index (χ2n) is 6.91. The average Bonchev–Trinajstić information content (AvgIpc) is 3.41. The molecule has 0 atom stereocenters. The Kier molecular flexibility index (Phi) is 9.55. The second-order valence-corrected chi connectivity index (χ2v) is 9.42. The summed E-state index contributed by atoms with van der Waals surface area (Å²) in [6.45, 7) is 8.45. The van der Waals surface area contributed by atoms with E-state index in [1.807, 2.05) is 11.5 Å². The van der Waals surface area contributed by atoms with E-state index >= 15 is 0 Å². The fraction of sp³-hybridized carbons (Fsp3) is 0.304. The molecule has 0 unspecified atom stereocenters. The molecule has 0 aliphatic heterocycles. The number of anilines is 1. The second kappa shape index (κ2) is 12.6. The largest absolute Gasteiger partial charge is 0.486 e. The fourth-order valence-electron chi connectivity index (χ4n) is 2.89. The minimum atomic E-state index is -0.447. The lowest BCUT2D eigenvalue weighted by Crippen LogP contribution is -2.16. The van der Waals surface area contributed by atoms with Crippen molar-refractivity contribution in [3.63, 3.8) is 0 Å². The molecule has 11 heteroatoms. The van der Waals surface area contributed by atoms with Gasteiger partial charge in [0.2, 0.25) is 5.91 Å². The Morgan fingerprint density at radius 3 is 2.71 bits per heavy atom. The van der Waals surface area contributed by atoms with Crippen LogP contribution in [0.3, 0.4) is 0 Å². The number of esters is 1. The highest BCUT2D eigenvalue weighted by Crippen LogP contribution is 2.30. The molecule has 0 bridgehead atoms. The van der Waals surface area contributed by atoms with Crippen molar-refractivity contribution in [3.8, 4) is 5.75 Å². The highest BCUT2D eigenvalue weighted by molar-refractivity contribution is 7.99. The van der Waals surface area contributed by atoms with Gasteiger partial charge in [-0.2, -0.15) is 0 Å². The number of hydrogen-bond acceptors (Lipinski definition) is 8. The molecule has 2 heterocycles. The van der Waals surface area contributed by atoms with Crippen molar-refractivity contribution in [3.05, 3.63) is 64.3 Å². The lowest BCUT2D eigenvalue weighted by atomic mass is 10.2. The Balaban J connectivity index is 1.64. The van der Waals surface area contributed by atoms with Crippen LogP contribution < -0.4 is 10.1 Å². The van der Waals surface area contributed by atoms with E-state index < -0.39 is 5.97 Å². The molecule has 0 saturated carbocycles. The molecule has 3 aromatic rings. The molecule has 34 heavy (non-hydrogen) atoms. The third kappa shape index (κ3) is 6.85. The molecule has 0 fully saturated rings. The summed E-state index contributed by atoms with van der Waals surface area (Å²) in [5.41, 5.74) is 0.374. The molecule has 2 aromatic heterocycles. The molecule has 1 aromatic carbocycles. The molecule has 180 valence electrons. The van der Waals surface area contributed by atoms with Gasteiger partial charge in [-0.3, -0.25) is 9.36 Å². The fourth-order valence-corrected chi connectivity index (χ4v) is 4.78. The molecular formula is C23H25ClN4O4S2. The van der Waals surface area contributed by atoms with Crippen LogP contribution in [-0.4, -0.2) is 39.0 Å². The Hall–Kier alpha value is -2.82. The number of allylic oxidation sites excluding steroid dienone is 1. The van der Waals surface area contributed by atoms with Gasteiger partial charge in [-0.1, -0.05) is 36.4 Å². The van der Waals surface area contributed by atoms with E-state index in [-0.39, 0.29) is 24.9 Å². The van der Waals surface area contributed by atoms with Crippen molar-refractivity contribution in [2.24, 2.45) is 0 Å². The zero-order valence-electron chi connectivity index (χ0n) is 18.9. The van der Waals surface area contributed by atoms with Gasteiger partial charge in [-0.05, 0) is 43.7 Å². The van der Waals surface area contributed by atoms with Crippen LogP contribution in [0.1, 0.15) is 34.9 Å². The number of ether oxygens (including phenoxy) is 2. The molecular weight excluding hydrogens is 496 g/mol. The minimum Gasteiger partial charge on any atom is -0.486 e. The normalized spacial score (nSPS) is 10.7. The van der Waals surface area contributed by atoms with Crippen LogP contribution in [0, 0.1) is 0 Å². The number of carbonyl (C=O) groups is 2. The molecule has 0 aliphatic carbocycles. The Morgan fingerprint density at radius 2 is 2.03 bits per heavy atom. The summed E-state index contributed by atoms with van der Waals surface area (Å²) < 4.78 is 12.7. The maximum absolute atomic E-state index is 12.6. The van der Waals surface area contributed by atoms with E-state index in [0.29, 0.717) is 38.9 Å². The minimum absolute atomic E-state index is 0.0922. The molecule has 0 saturated heterocycles. The standard InChI is InChI=1S/C23H25ClN4O4S2/c1-4-11-28-19(13-32-16-9-7-15(24)8-10-16)26-27-23(28)33-14-20(29)25-21-18(22(30)31-6-3)12-17(5-2)34-21/h4,7-10,12H,1,5-6,11,13-14H2,2-3H3,(H,25,29). The van der Waals surface area contributed by atoms with Gasteiger partial charge in [0.15, 0.2) is 11.0 Å². The van der Waals surface area contributed by atoms with Gasteiger partial charge in [-0.25, -0.2) is 4.79 Å². The first-order valence-corrected chi connectivity index (χ1v) is 12.8. The van der Waals surface area contributed by atoms with E-state index in [4.69, 9.17) is 21.1 Å². The highest BCUT2D eigenvalue weighted by atomic mass is 35.5. The van der Waals surface area contributed by atoms with Crippen molar-refractivity contribution in [2.45, 2.75) is 38.6 Å². The van der Waals surface area contributed by atoms with E-state index in [2.05, 4.69) is 22.1 Å². The van der Waals surface area contributed by atoms with Crippen LogP contribution in [-0.2, 0) is 29.1 Å². The van der Waals surface area contributed by atoms with Crippen LogP contribution in [0.4, 0.5) is 5.00 Å². The number of nitrogens with one attached hydrogen (secondary N) is 1. The molecule has 0 aliphatic rings. The van der Waals surface area contributed by atoms with Crippen molar-refractivity contribution in [1.82, 2.24) is 14.8 Å². The third-order valence-corrected chi connectivity index (χ3v) is 6.91. The zero-order valence-corrected chi connectivity index (χ0v) is 21.3. The highest BCUT2D eigenvalue weighted by Gasteiger charge is 2.20. The predicted octanol–water partition coefficient (Wildman–Crippen LogP) is 5.23. The van der Waals surface area contributed by atoms with Gasteiger partial charge >= 0.3 is 5.97 Å². The molecule has 0 radical (unpaired) electrons. The van der Waals surface area contributed by atoms with Crippen LogP contribution in [0.25, 0.3) is 0 Å². The number of nitrogens with zero attached hydrogens (tertiary/aromatic N) is 3. The number of carbonyl (C=O) groups excluding carboxylic acids is 2. The van der Waals surface area contributed by atoms with Crippen molar-refractivity contribution < 1.29 is 19.1 Å². The lowest BCUT2D eigenvalue weighted by Gasteiger charge is -2.09. The Morgan fingerprint density at radius 1 is 1.26 bits per heavy atom. The van der Waals surface area contributed by atoms with Gasteiger partial charge in [-0.15, -0.1) is 28.1 Å². The SMILES string of the molecule is C=CCn1c(COc2ccc(Cl)cc2)nnc1SCC(=O)Nc1sc(CC)cc1C(=O)OCC. The van der Waals surface area contributed by atoms with E-state index in [1.165, 1.54) is 23.1 Å². The number of thioether (sulfide) groups is 1. The summed E-state index contributed by atoms with van der Waals surface area (Å²) >= 11 is 8.52. The summed E-state index contributed by atoms with van der Waals surface area (Å²) in [6, 6.07) is 8.80. The number of aryl methyl sites for hydroxylation is 1. The summed E-state index contributed by atoms with van der Waals surface area (Å²) in [6.07, 6.45) is 2.48. The van der Waals surface area contributed by atoms with Crippen LogP contribution >= 0.6 is 34.7 Å². The molecule has 1 amide bonds. The predicted molar refractivity (Wildman–Crippen MR) is 135 cm³/mol. The van der Waals surface area contributed by atoms with Gasteiger partial charge in [0, 0.05) is 16.4 Å². The first-order valence-electron chi connectivity index (χ1n) is 10.6. The molecule has 0 spiro atoms. The van der Waals surface area contributed by atoms with Gasteiger partial charge in [0.1, 0.15) is 17.4 Å². The van der Waals surface area contributed by atoms with E-state index in [0.717, 1.165) is 11.3 Å². The maximum Gasteiger partial charge on any atom is 0.341 e. The quantitative estimate of drug-likeness (QED) is 0.198. The average molecular weight is 521 g/mol. The number of rotatable bonds is 12. The smallest absolute Gasteiger partial charge is 0.341 e. The topological polar surface area (TPSA) is 95.3 Å². The lowest BCUT2D eigenvalue weighted by molar-refractivity contribution is -0.113. The van der Waals surface area contributed by atoms with Gasteiger partial charge < -0.3 is 14.8 Å². The van der Waals surface area contributed by atoms with Crippen molar-refractivity contribution in [1.29, 1.82) is 0 Å². The number of aromatic nitrogens is 3. The van der Waals surface area contributed by atoms with Crippen molar-refractivity contribution >= 4 is 51.6 Å². The van der Waals surface area contributed by atoms with Crippen LogP contribution in [0.2, 0.25) is 5.02 Å². The summed E-state index contributed by atoms with van der Waals surface area (Å²) in [5, 5.41) is 12.9. The van der Waals surface area contributed by atoms with Gasteiger partial charge in [0.25, 0.3) is 0 Å². The first kappa shape index (κ1) is 25.8. The maximum atomic E-state index is 12.6. The summed E-state index contributed by atoms with van der Waals surface area (Å²) in [7, 11) is 0. The summed E-state index contributed by atoms with van der Waals surface area (Å²) in [5.74, 6) is 0.651. The van der Waals surface area contributed by atoms with Crippen LogP contribution in [0.5, 0.6) is 5.75 Å². The Bertz CT molecular complexity index is 1140. The van der Waals surface area contributed by atoms with Crippen LogP contribution in [0.15, 0.2) is 48.1 Å². The first-order chi connectivity index (χ1) is 16.4. The Labute approximate surface area is 211 Å². The molecule has 1 N–H and O–H groups in total. The molecule has 3 rings (SSSR count). The number of hydrogen-bond donors (Lipinski definition) is 1.